The molecule has 32 heavy (non-hydrogen) atoms. The van der Waals surface area contributed by atoms with Crippen molar-refractivity contribution >= 4 is 5.91 Å². The summed E-state index contributed by atoms with van der Waals surface area (Å²) in [5.74, 6) is 4.33. The van der Waals surface area contributed by atoms with Crippen molar-refractivity contribution in [3.63, 3.8) is 0 Å². The molecule has 0 unspecified atom stereocenters. The Hall–Kier alpha value is -1.79. The molecule has 1 aliphatic heterocycles. The van der Waals surface area contributed by atoms with Crippen LogP contribution in [0.4, 0.5) is 0 Å². The normalized spacial score (nSPS) is 33.4. The molecule has 0 spiro atoms. The summed E-state index contributed by atoms with van der Waals surface area (Å²) in [5.41, 5.74) is 0.262. The summed E-state index contributed by atoms with van der Waals surface area (Å²) in [7, 11) is 0. The number of hydrogen-bond donors (Lipinski definition) is 0. The van der Waals surface area contributed by atoms with E-state index in [0.29, 0.717) is 59.2 Å². The van der Waals surface area contributed by atoms with Crippen molar-refractivity contribution in [2.75, 3.05) is 52.7 Å². The van der Waals surface area contributed by atoms with E-state index in [1.165, 1.54) is 38.5 Å². The Morgan fingerprint density at radius 1 is 0.781 bits per heavy atom. The van der Waals surface area contributed by atoms with Gasteiger partial charge in [0.25, 0.3) is 0 Å². The minimum atomic E-state index is 0.262. The van der Waals surface area contributed by atoms with E-state index in [-0.39, 0.29) is 11.3 Å². The first-order chi connectivity index (χ1) is 15.7. The maximum Gasteiger partial charge on any atom is 0.223 e. The molecule has 4 bridgehead atoms. The molecule has 1 amide bonds. The van der Waals surface area contributed by atoms with Crippen molar-refractivity contribution in [1.29, 1.82) is 0 Å². The van der Waals surface area contributed by atoms with Gasteiger partial charge in [-0.05, 0) is 73.8 Å². The number of carbonyl (C=O) groups excluding carboxylic acids is 1. The number of rotatable bonds is 2. The molecule has 1 heterocycles. The van der Waals surface area contributed by atoms with Gasteiger partial charge in [-0.1, -0.05) is 12.1 Å². The van der Waals surface area contributed by atoms with Crippen LogP contribution in [-0.4, -0.2) is 63.5 Å². The summed E-state index contributed by atoms with van der Waals surface area (Å²) in [6, 6.07) is 7.67. The number of benzene rings is 1. The molecule has 1 aromatic rings. The summed E-state index contributed by atoms with van der Waals surface area (Å²) >= 11 is 0. The molecule has 4 aliphatic carbocycles. The largest absolute Gasteiger partial charge is 0.487 e. The second kappa shape index (κ2) is 10.0. The van der Waals surface area contributed by atoms with Gasteiger partial charge in [-0.2, -0.15) is 0 Å². The van der Waals surface area contributed by atoms with E-state index in [0.717, 1.165) is 29.3 Å². The third-order valence-corrected chi connectivity index (χ3v) is 7.87. The van der Waals surface area contributed by atoms with Crippen LogP contribution in [0.3, 0.4) is 0 Å². The monoisotopic (exact) mass is 443 g/mol. The van der Waals surface area contributed by atoms with Crippen LogP contribution in [0, 0.1) is 23.2 Å². The SMILES string of the molecule is O=C(CC12CC3CC(CC(C3)C1)C2)N1CCOCCOc2ccccc2OCCOCC1. The van der Waals surface area contributed by atoms with Crippen LogP contribution in [0.5, 0.6) is 11.5 Å². The van der Waals surface area contributed by atoms with Crippen LogP contribution in [0.2, 0.25) is 0 Å². The number of carbonyl (C=O) groups is 1. The summed E-state index contributed by atoms with van der Waals surface area (Å²) < 4.78 is 23.2. The van der Waals surface area contributed by atoms with Crippen molar-refractivity contribution < 1.29 is 23.7 Å². The Morgan fingerprint density at radius 2 is 1.28 bits per heavy atom. The van der Waals surface area contributed by atoms with E-state index < -0.39 is 0 Å². The summed E-state index contributed by atoms with van der Waals surface area (Å²) in [6.45, 7) is 4.16. The van der Waals surface area contributed by atoms with Crippen LogP contribution < -0.4 is 9.47 Å². The molecule has 5 aliphatic rings. The van der Waals surface area contributed by atoms with Gasteiger partial charge in [-0.3, -0.25) is 4.79 Å². The predicted octanol–water partition coefficient (Wildman–Crippen LogP) is 3.93. The molecule has 6 heteroatoms. The second-order valence-corrected chi connectivity index (χ2v) is 10.3. The van der Waals surface area contributed by atoms with Gasteiger partial charge in [0.1, 0.15) is 13.2 Å². The third kappa shape index (κ3) is 5.23. The van der Waals surface area contributed by atoms with E-state index >= 15 is 0 Å². The molecule has 0 atom stereocenters. The Kier molecular flexibility index (Phi) is 6.88. The Labute approximate surface area is 191 Å². The summed E-state index contributed by atoms with van der Waals surface area (Å²) in [6.07, 6.45) is 8.73. The van der Waals surface area contributed by atoms with Gasteiger partial charge in [0.05, 0.1) is 26.4 Å². The van der Waals surface area contributed by atoms with E-state index in [4.69, 9.17) is 18.9 Å². The topological polar surface area (TPSA) is 57.2 Å². The van der Waals surface area contributed by atoms with Crippen LogP contribution in [0.25, 0.3) is 0 Å². The van der Waals surface area contributed by atoms with Gasteiger partial charge >= 0.3 is 0 Å². The zero-order valence-electron chi connectivity index (χ0n) is 19.1. The van der Waals surface area contributed by atoms with Gasteiger partial charge in [0, 0.05) is 19.5 Å². The van der Waals surface area contributed by atoms with Crippen LogP contribution in [-0.2, 0) is 14.3 Å². The number of fused-ring (bicyclic) bond motifs is 1. The first-order valence-electron chi connectivity index (χ1n) is 12.5. The lowest BCUT2D eigenvalue weighted by Gasteiger charge is -2.57. The van der Waals surface area contributed by atoms with Crippen LogP contribution in [0.15, 0.2) is 24.3 Å². The van der Waals surface area contributed by atoms with Gasteiger partial charge in [-0.25, -0.2) is 0 Å². The van der Waals surface area contributed by atoms with Gasteiger partial charge < -0.3 is 23.8 Å². The zero-order valence-corrected chi connectivity index (χ0v) is 19.1. The third-order valence-electron chi connectivity index (χ3n) is 7.87. The Morgan fingerprint density at radius 3 is 1.78 bits per heavy atom. The van der Waals surface area contributed by atoms with Crippen molar-refractivity contribution in [2.45, 2.75) is 44.9 Å². The smallest absolute Gasteiger partial charge is 0.223 e. The molecule has 6 rings (SSSR count). The minimum absolute atomic E-state index is 0.262. The van der Waals surface area contributed by atoms with Crippen molar-refractivity contribution in [1.82, 2.24) is 4.90 Å². The number of nitrogens with zero attached hydrogens (tertiary/aromatic N) is 1. The van der Waals surface area contributed by atoms with E-state index in [1.54, 1.807) is 0 Å². The van der Waals surface area contributed by atoms with E-state index in [1.807, 2.05) is 29.2 Å². The fourth-order valence-corrected chi connectivity index (χ4v) is 6.96. The molecule has 4 saturated carbocycles. The van der Waals surface area contributed by atoms with Crippen LogP contribution in [0.1, 0.15) is 44.9 Å². The molecule has 0 aromatic heterocycles. The highest BCUT2D eigenvalue weighted by molar-refractivity contribution is 5.77. The molecular weight excluding hydrogens is 406 g/mol. The average Bonchev–Trinajstić information content (AvgIpc) is 2.76. The molecule has 0 saturated heterocycles. The number of amides is 1. The molecular formula is C26H37NO5. The second-order valence-electron chi connectivity index (χ2n) is 10.3. The highest BCUT2D eigenvalue weighted by Crippen LogP contribution is 2.61. The number of hydrogen-bond acceptors (Lipinski definition) is 5. The van der Waals surface area contributed by atoms with E-state index in [2.05, 4.69) is 0 Å². The maximum absolute atomic E-state index is 13.4. The lowest BCUT2D eigenvalue weighted by Crippen LogP contribution is -2.49. The van der Waals surface area contributed by atoms with Crippen molar-refractivity contribution in [3.8, 4) is 11.5 Å². The van der Waals surface area contributed by atoms with Gasteiger partial charge in [-0.15, -0.1) is 0 Å². The van der Waals surface area contributed by atoms with Crippen molar-refractivity contribution in [2.24, 2.45) is 23.2 Å². The molecule has 4 fully saturated rings. The quantitative estimate of drug-likeness (QED) is 0.693. The lowest BCUT2D eigenvalue weighted by molar-refractivity contribution is -0.141. The van der Waals surface area contributed by atoms with Gasteiger partial charge in [0.15, 0.2) is 11.5 Å². The molecule has 0 N–H and O–H groups in total. The lowest BCUT2D eigenvalue weighted by atomic mass is 9.49. The highest BCUT2D eigenvalue weighted by Gasteiger charge is 2.51. The standard InChI is InChI=1S/C26H37NO5/c28-25(19-26-16-20-13-21(17-26)15-22(14-20)18-26)27-5-7-29-9-11-31-23-3-1-2-4-24(23)32-12-10-30-8-6-27/h1-4,20-22H,5-19H2. The Bertz CT molecular complexity index is 711. The summed E-state index contributed by atoms with van der Waals surface area (Å²) in [5, 5.41) is 0. The molecule has 6 nitrogen and oxygen atoms in total. The zero-order chi connectivity index (χ0) is 21.8. The first-order valence-corrected chi connectivity index (χ1v) is 12.5. The van der Waals surface area contributed by atoms with Gasteiger partial charge in [0.2, 0.25) is 5.91 Å². The predicted molar refractivity (Wildman–Crippen MR) is 121 cm³/mol. The maximum atomic E-state index is 13.4. The van der Waals surface area contributed by atoms with E-state index in [9.17, 15) is 4.79 Å². The fourth-order valence-electron chi connectivity index (χ4n) is 6.96. The highest BCUT2D eigenvalue weighted by atomic mass is 16.6. The average molecular weight is 444 g/mol. The molecule has 0 radical (unpaired) electrons. The fraction of sp³-hybridized carbons (Fsp3) is 0.731. The first kappa shape index (κ1) is 22.0. The molecule has 176 valence electrons. The molecule has 1 aromatic carbocycles. The number of para-hydroxylation sites is 2. The number of ether oxygens (including phenoxy) is 4. The summed E-state index contributed by atoms with van der Waals surface area (Å²) in [4.78, 5) is 15.4. The van der Waals surface area contributed by atoms with Crippen LogP contribution >= 0.6 is 0 Å². The minimum Gasteiger partial charge on any atom is -0.487 e. The van der Waals surface area contributed by atoms with Crippen molar-refractivity contribution in [3.05, 3.63) is 24.3 Å². The Balaban J connectivity index is 1.16.